The minimum Gasteiger partial charge on any atom is -0.469 e. The van der Waals surface area contributed by atoms with Gasteiger partial charge in [-0.1, -0.05) is 0 Å². The van der Waals surface area contributed by atoms with Gasteiger partial charge in [0.15, 0.2) is 13.6 Å². The molecule has 10 heteroatoms. The first kappa shape index (κ1) is 25.3. The standard InChI is InChI=1S/C24H31N3O7/c1-29-16-32-20-11-18(12-23(28)31-3)24(22(13-20)33-17-30-2)21-6-5-19(34-21)14-25-7-4-9-27-10-8-26-15-27/h5-6,8,10-11,13,15,25H,4,7,9,12,14,16-17H2,1-3H3. The number of esters is 1. The van der Waals surface area contributed by atoms with Gasteiger partial charge in [0.2, 0.25) is 0 Å². The third kappa shape index (κ3) is 7.34. The molecule has 2 aromatic heterocycles. The van der Waals surface area contributed by atoms with Crippen LogP contribution in [0.15, 0.2) is 47.4 Å². The molecule has 0 spiro atoms. The predicted octanol–water partition coefficient (Wildman–Crippen LogP) is 3.00. The number of methoxy groups -OCH3 is 3. The van der Waals surface area contributed by atoms with Gasteiger partial charge in [-0.3, -0.25) is 4.79 Å². The Morgan fingerprint density at radius 2 is 1.94 bits per heavy atom. The topological polar surface area (TPSA) is 106 Å². The maximum Gasteiger partial charge on any atom is 0.310 e. The molecule has 0 aliphatic rings. The van der Waals surface area contributed by atoms with Crippen molar-refractivity contribution in [2.45, 2.75) is 25.9 Å². The lowest BCUT2D eigenvalue weighted by Gasteiger charge is -2.16. The van der Waals surface area contributed by atoms with Crippen molar-refractivity contribution in [2.75, 3.05) is 41.5 Å². The van der Waals surface area contributed by atoms with Gasteiger partial charge >= 0.3 is 5.97 Å². The summed E-state index contributed by atoms with van der Waals surface area (Å²) in [6.07, 6.45) is 6.50. The van der Waals surface area contributed by atoms with Crippen LogP contribution in [0.2, 0.25) is 0 Å². The molecule has 0 fully saturated rings. The number of rotatable bonds is 15. The van der Waals surface area contributed by atoms with Gasteiger partial charge in [-0.25, -0.2) is 4.98 Å². The molecule has 3 aromatic rings. The van der Waals surface area contributed by atoms with Gasteiger partial charge < -0.3 is 38.0 Å². The van der Waals surface area contributed by atoms with Gasteiger partial charge in [0.25, 0.3) is 0 Å². The quantitative estimate of drug-likeness (QED) is 0.202. The van der Waals surface area contributed by atoms with E-state index in [0.29, 0.717) is 34.9 Å². The largest absolute Gasteiger partial charge is 0.469 e. The molecule has 184 valence electrons. The fraction of sp³-hybridized carbons (Fsp3) is 0.417. The molecule has 0 aliphatic carbocycles. The summed E-state index contributed by atoms with van der Waals surface area (Å²) >= 11 is 0. The zero-order valence-corrected chi connectivity index (χ0v) is 19.7. The summed E-state index contributed by atoms with van der Waals surface area (Å²) in [6, 6.07) is 7.22. The molecule has 0 atom stereocenters. The van der Waals surface area contributed by atoms with E-state index in [4.69, 9.17) is 28.1 Å². The van der Waals surface area contributed by atoms with E-state index in [2.05, 4.69) is 10.3 Å². The Kier molecular flexibility index (Phi) is 9.96. The average molecular weight is 474 g/mol. The Morgan fingerprint density at radius 3 is 2.68 bits per heavy atom. The molecular formula is C24H31N3O7. The predicted molar refractivity (Wildman–Crippen MR) is 123 cm³/mol. The number of imidazole rings is 1. The number of nitrogens with zero attached hydrogens (tertiary/aromatic N) is 2. The van der Waals surface area contributed by atoms with E-state index in [9.17, 15) is 4.79 Å². The van der Waals surface area contributed by atoms with Crippen LogP contribution in [0, 0.1) is 0 Å². The lowest BCUT2D eigenvalue weighted by Crippen LogP contribution is -2.15. The summed E-state index contributed by atoms with van der Waals surface area (Å²) in [4.78, 5) is 16.2. The molecule has 34 heavy (non-hydrogen) atoms. The fourth-order valence-corrected chi connectivity index (χ4v) is 3.36. The van der Waals surface area contributed by atoms with Crippen LogP contribution in [-0.2, 0) is 38.5 Å². The second-order valence-corrected chi connectivity index (χ2v) is 7.41. The van der Waals surface area contributed by atoms with E-state index in [0.717, 1.165) is 25.3 Å². The van der Waals surface area contributed by atoms with Gasteiger partial charge in [-0.15, -0.1) is 0 Å². The highest BCUT2D eigenvalue weighted by molar-refractivity contribution is 5.80. The third-order valence-corrected chi connectivity index (χ3v) is 4.93. The van der Waals surface area contributed by atoms with Crippen molar-refractivity contribution in [3.05, 3.63) is 54.3 Å². The number of ether oxygens (including phenoxy) is 5. The Balaban J connectivity index is 1.77. The molecular weight excluding hydrogens is 442 g/mol. The summed E-state index contributed by atoms with van der Waals surface area (Å²) in [5, 5.41) is 3.38. The molecule has 10 nitrogen and oxygen atoms in total. The van der Waals surface area contributed by atoms with Crippen LogP contribution in [0.1, 0.15) is 17.7 Å². The minimum absolute atomic E-state index is 0.0158. The highest BCUT2D eigenvalue weighted by atomic mass is 16.7. The first-order valence-corrected chi connectivity index (χ1v) is 10.9. The smallest absolute Gasteiger partial charge is 0.310 e. The van der Waals surface area contributed by atoms with Gasteiger partial charge in [-0.05, 0) is 36.7 Å². The molecule has 3 rings (SSSR count). The third-order valence-electron chi connectivity index (χ3n) is 4.93. The Labute approximate surface area is 198 Å². The van der Waals surface area contributed by atoms with Crippen molar-refractivity contribution in [3.63, 3.8) is 0 Å². The van der Waals surface area contributed by atoms with E-state index in [1.165, 1.54) is 21.3 Å². The number of benzene rings is 1. The molecule has 0 bridgehead atoms. The summed E-state index contributed by atoms with van der Waals surface area (Å²) in [7, 11) is 4.41. The summed E-state index contributed by atoms with van der Waals surface area (Å²) < 4.78 is 34.5. The maximum atomic E-state index is 12.1. The number of aryl methyl sites for hydroxylation is 1. The number of carbonyl (C=O) groups is 1. The van der Waals surface area contributed by atoms with E-state index >= 15 is 0 Å². The summed E-state index contributed by atoms with van der Waals surface area (Å²) in [6.45, 7) is 2.36. The first-order chi connectivity index (χ1) is 16.6. The number of carbonyl (C=O) groups excluding carboxylic acids is 1. The fourth-order valence-electron chi connectivity index (χ4n) is 3.36. The first-order valence-electron chi connectivity index (χ1n) is 10.9. The monoisotopic (exact) mass is 473 g/mol. The van der Waals surface area contributed by atoms with Crippen molar-refractivity contribution in [1.29, 1.82) is 0 Å². The molecule has 1 aromatic carbocycles. The zero-order chi connectivity index (χ0) is 24.2. The second kappa shape index (κ2) is 13.4. The molecule has 0 aliphatic heterocycles. The van der Waals surface area contributed by atoms with Crippen LogP contribution >= 0.6 is 0 Å². The van der Waals surface area contributed by atoms with Crippen molar-refractivity contribution in [3.8, 4) is 22.8 Å². The summed E-state index contributed by atoms with van der Waals surface area (Å²) in [5.74, 6) is 1.89. The number of aromatic nitrogens is 2. The van der Waals surface area contributed by atoms with E-state index in [-0.39, 0.29) is 20.0 Å². The molecule has 0 saturated carbocycles. The Hall–Kier alpha value is -3.34. The van der Waals surface area contributed by atoms with Gasteiger partial charge in [0, 0.05) is 39.2 Å². The summed E-state index contributed by atoms with van der Waals surface area (Å²) in [5.41, 5.74) is 1.28. The van der Waals surface area contributed by atoms with Gasteiger partial charge in [0.1, 0.15) is 23.0 Å². The highest BCUT2D eigenvalue weighted by Crippen LogP contribution is 2.39. The van der Waals surface area contributed by atoms with Gasteiger partial charge in [-0.2, -0.15) is 0 Å². The number of nitrogens with one attached hydrogen (secondary N) is 1. The van der Waals surface area contributed by atoms with E-state index < -0.39 is 5.97 Å². The van der Waals surface area contributed by atoms with Crippen LogP contribution in [0.5, 0.6) is 11.5 Å². The van der Waals surface area contributed by atoms with Crippen LogP contribution in [0.4, 0.5) is 0 Å². The average Bonchev–Trinajstić information content (AvgIpc) is 3.53. The van der Waals surface area contributed by atoms with Crippen LogP contribution in [0.25, 0.3) is 11.3 Å². The highest BCUT2D eigenvalue weighted by Gasteiger charge is 2.21. The lowest BCUT2D eigenvalue weighted by atomic mass is 10.0. The van der Waals surface area contributed by atoms with E-state index in [1.54, 1.807) is 24.7 Å². The van der Waals surface area contributed by atoms with Crippen LogP contribution in [0.3, 0.4) is 0 Å². The molecule has 2 heterocycles. The van der Waals surface area contributed by atoms with Crippen molar-refractivity contribution >= 4 is 5.97 Å². The maximum absolute atomic E-state index is 12.1. The van der Waals surface area contributed by atoms with Crippen LogP contribution in [-0.4, -0.2) is 57.0 Å². The van der Waals surface area contributed by atoms with E-state index in [1.807, 2.05) is 22.9 Å². The van der Waals surface area contributed by atoms with Crippen molar-refractivity contribution < 1.29 is 32.9 Å². The zero-order valence-electron chi connectivity index (χ0n) is 19.7. The van der Waals surface area contributed by atoms with Crippen LogP contribution < -0.4 is 14.8 Å². The number of furan rings is 1. The molecule has 0 saturated heterocycles. The lowest BCUT2D eigenvalue weighted by molar-refractivity contribution is -0.139. The number of hydrogen-bond donors (Lipinski definition) is 1. The SMILES string of the molecule is COCOc1cc(CC(=O)OC)c(-c2ccc(CNCCCn3ccnc3)o2)c(OCOC)c1. The van der Waals surface area contributed by atoms with Crippen molar-refractivity contribution in [2.24, 2.45) is 0 Å². The Bertz CT molecular complexity index is 1020. The molecule has 0 unspecified atom stereocenters. The van der Waals surface area contributed by atoms with Gasteiger partial charge in [0.05, 0.1) is 32.0 Å². The molecule has 1 N–H and O–H groups in total. The second-order valence-electron chi connectivity index (χ2n) is 7.41. The molecule has 0 amide bonds. The van der Waals surface area contributed by atoms with Crippen molar-refractivity contribution in [1.82, 2.24) is 14.9 Å². The molecule has 0 radical (unpaired) electrons. The minimum atomic E-state index is -0.394. The Morgan fingerprint density at radius 1 is 1.12 bits per heavy atom. The normalized spacial score (nSPS) is 10.9. The number of hydrogen-bond acceptors (Lipinski definition) is 9.